The van der Waals surface area contributed by atoms with Gasteiger partial charge in [0.2, 0.25) is 33.3 Å². The number of sulfonamides is 1. The van der Waals surface area contributed by atoms with Crippen LogP contribution < -0.4 is 21.1 Å². The number of amides is 1. The Hall–Kier alpha value is -6.65. The van der Waals surface area contributed by atoms with E-state index in [-0.39, 0.29) is 79.7 Å². The highest BCUT2D eigenvalue weighted by Gasteiger charge is 2.37. The van der Waals surface area contributed by atoms with Gasteiger partial charge in [-0.1, -0.05) is 31.2 Å². The van der Waals surface area contributed by atoms with Gasteiger partial charge in [0.05, 0.1) is 155 Å². The van der Waals surface area contributed by atoms with E-state index < -0.39 is 63.1 Å². The fourth-order valence-corrected chi connectivity index (χ4v) is 11.1. The van der Waals surface area contributed by atoms with Crippen molar-refractivity contribution in [3.63, 3.8) is 0 Å². The average molecular weight is 1370 g/mol. The highest BCUT2D eigenvalue weighted by Crippen LogP contribution is 2.34. The van der Waals surface area contributed by atoms with Gasteiger partial charge in [-0.05, 0) is 80.4 Å². The molecule has 4 N–H and O–H groups in total. The highest BCUT2D eigenvalue weighted by molar-refractivity contribution is 7.89. The van der Waals surface area contributed by atoms with Crippen LogP contribution in [-0.4, -0.2) is 238 Å². The van der Waals surface area contributed by atoms with Gasteiger partial charge < -0.3 is 78.3 Å². The zero-order valence-corrected chi connectivity index (χ0v) is 54.9. The number of carbonyl (C=O) groups excluding carboxylic acids is 2. The first-order valence-electron chi connectivity index (χ1n) is 31.5. The van der Waals surface area contributed by atoms with E-state index >= 15 is 0 Å². The monoisotopic (exact) mass is 1370 g/mol. The van der Waals surface area contributed by atoms with Crippen molar-refractivity contribution in [3.05, 3.63) is 113 Å². The Morgan fingerprint density at radius 1 is 0.632 bits per heavy atom. The summed E-state index contributed by atoms with van der Waals surface area (Å²) in [5.74, 6) is -10.5. The second-order valence-electron chi connectivity index (χ2n) is 21.9. The van der Waals surface area contributed by atoms with Gasteiger partial charge in [-0.3, -0.25) is 9.59 Å². The third-order valence-corrected chi connectivity index (χ3v) is 15.8. The van der Waals surface area contributed by atoms with E-state index in [4.69, 9.17) is 53.1 Å². The van der Waals surface area contributed by atoms with Crippen LogP contribution in [0.2, 0.25) is 0 Å². The van der Waals surface area contributed by atoms with Gasteiger partial charge in [-0.2, -0.15) is 13.1 Å². The molecule has 0 bridgehead atoms. The lowest BCUT2D eigenvalue weighted by Crippen LogP contribution is -2.52. The Bertz CT molecular complexity index is 3180. The smallest absolute Gasteiger partial charge is 0.313 e. The first kappa shape index (κ1) is 77.4. The number of hydrogen-bond acceptors (Lipinski definition) is 19. The molecule has 2 aliphatic rings. The van der Waals surface area contributed by atoms with E-state index in [1.165, 1.54) is 4.31 Å². The number of carbonyl (C=O) groups is 2. The van der Waals surface area contributed by atoms with Crippen molar-refractivity contribution in [2.45, 2.75) is 37.5 Å². The lowest BCUT2D eigenvalue weighted by Gasteiger charge is -2.39. The zero-order valence-electron chi connectivity index (χ0n) is 54.0. The molecule has 4 aromatic carbocycles. The van der Waals surface area contributed by atoms with Crippen molar-refractivity contribution in [1.82, 2.24) is 24.7 Å². The van der Waals surface area contributed by atoms with Gasteiger partial charge in [0, 0.05) is 75.5 Å². The van der Waals surface area contributed by atoms with Crippen LogP contribution in [0.1, 0.15) is 38.2 Å². The third-order valence-electron chi connectivity index (χ3n) is 14.0. The third kappa shape index (κ3) is 28.1. The number of rotatable bonds is 47. The van der Waals surface area contributed by atoms with Crippen LogP contribution in [0, 0.1) is 40.8 Å². The van der Waals surface area contributed by atoms with Crippen LogP contribution >= 0.6 is 0 Å². The van der Waals surface area contributed by atoms with Crippen molar-refractivity contribution >= 4 is 51.1 Å². The van der Waals surface area contributed by atoms with Crippen LogP contribution in [0.5, 0.6) is 5.75 Å². The Balaban J connectivity index is 0.748. The number of ether oxygens (including phenoxy) is 11. The predicted molar refractivity (Wildman–Crippen MR) is 342 cm³/mol. The number of nitrogens with zero attached hydrogens (tertiary/aromatic N) is 5. The number of hydrogen-bond donors (Lipinski definition) is 3. The maximum Gasteiger partial charge on any atom is 0.313 e. The fraction of sp³-hybridized carbons (Fsp3) is 0.538. The van der Waals surface area contributed by atoms with Crippen molar-refractivity contribution < 1.29 is 96.5 Å². The molecule has 0 spiro atoms. The average Bonchev–Trinajstić information content (AvgIpc) is 0.894. The Morgan fingerprint density at radius 3 is 1.66 bits per heavy atom. The number of benzene rings is 4. The van der Waals surface area contributed by atoms with E-state index in [0.29, 0.717) is 174 Å². The molecule has 2 aliphatic heterocycles. The Labute approximate surface area is 551 Å². The van der Waals surface area contributed by atoms with Crippen molar-refractivity contribution in [1.29, 1.82) is 0 Å². The van der Waals surface area contributed by atoms with E-state index in [1.54, 1.807) is 29.2 Å². The second-order valence-corrected chi connectivity index (χ2v) is 23.9. The first-order valence-corrected chi connectivity index (χ1v) is 32.9. The normalized spacial score (nSPS) is 13.7. The molecule has 1 saturated heterocycles. The quantitative estimate of drug-likeness (QED) is 0.00781. The number of amidine groups is 1. The molecule has 23 nitrogen and oxygen atoms in total. The summed E-state index contributed by atoms with van der Waals surface area (Å²) < 4.78 is 170. The van der Waals surface area contributed by atoms with E-state index in [1.807, 2.05) is 45.3 Å². The summed E-state index contributed by atoms with van der Waals surface area (Å²) in [6.45, 7) is 11.4. The number of nitrogens with two attached hydrogens (primary N) is 1. The lowest BCUT2D eigenvalue weighted by atomic mass is 10.0. The topological polar surface area (TPSA) is 254 Å². The molecule has 526 valence electrons. The van der Waals surface area contributed by atoms with Crippen molar-refractivity contribution in [3.8, 4) is 16.9 Å². The molecule has 95 heavy (non-hydrogen) atoms. The molecular weight excluding hydrogens is 1280 g/mol. The second kappa shape index (κ2) is 42.8. The summed E-state index contributed by atoms with van der Waals surface area (Å²) in [6.07, 6.45) is 2.71. The van der Waals surface area contributed by atoms with Gasteiger partial charge in [0.1, 0.15) is 17.5 Å². The van der Waals surface area contributed by atoms with Gasteiger partial charge in [-0.15, -0.1) is 0 Å². The number of guanidine groups is 1. The SMILES string of the molecule is CCCN(CCCN/C(=N/c1cc(F)cc(F)c1)NCCOCCOCCOCCOCCOCCOCCOCCOCCOCCOCCC(=O)Oc1c(F)c(F)cc(F)c1F)C(=O)C1=Cc2ccc(-c3cccc(S(=O)(=O)N4CC(CN(C)C)C4)c3)cc2N=C(N)C1. The van der Waals surface area contributed by atoms with E-state index in [2.05, 4.69) is 30.3 Å². The van der Waals surface area contributed by atoms with Gasteiger partial charge in [-0.25, -0.2) is 36.0 Å². The van der Waals surface area contributed by atoms with Gasteiger partial charge >= 0.3 is 5.97 Å². The molecule has 0 saturated carbocycles. The minimum atomic E-state index is -3.67. The summed E-state index contributed by atoms with van der Waals surface area (Å²) in [5.41, 5.74) is 9.69. The van der Waals surface area contributed by atoms with Crippen LogP contribution in [0.3, 0.4) is 0 Å². The van der Waals surface area contributed by atoms with Crippen molar-refractivity contribution in [2.24, 2.45) is 21.6 Å². The largest absolute Gasteiger partial charge is 0.420 e. The summed E-state index contributed by atoms with van der Waals surface area (Å²) in [7, 11) is 0.282. The summed E-state index contributed by atoms with van der Waals surface area (Å²) in [4.78, 5) is 39.1. The molecule has 0 aliphatic carbocycles. The molecule has 0 atom stereocenters. The number of esters is 1. The molecule has 6 rings (SSSR count). The molecule has 1 amide bonds. The minimum absolute atomic E-state index is 0.00984. The lowest BCUT2D eigenvalue weighted by molar-refractivity contribution is -0.136. The number of aliphatic imine (C=N–C) groups is 2. The Kier molecular flexibility index (Phi) is 34.9. The van der Waals surface area contributed by atoms with Crippen LogP contribution in [-0.2, 0) is 67.0 Å². The highest BCUT2D eigenvalue weighted by atomic mass is 32.2. The number of nitrogens with one attached hydrogen (secondary N) is 2. The molecule has 0 aromatic heterocycles. The standard InChI is InChI=1S/C65H88F6N8O15S/c1-4-14-78(64(81)51-36-50-10-9-49(38-58(50)76-59(72)39-51)48-7-5-8-55(37-48)95(82,83)79-45-47(46-79)44-77(2)3)15-6-12-73-65(75-54-41-52(66)40-53(67)42-54)74-13-17-85-19-21-87-23-25-89-27-29-91-31-33-93-35-34-92-32-30-90-28-26-88-24-22-86-20-18-84-16-11-60(80)94-63-61(70)56(68)43-57(69)62(63)71/h5,7-10,36-38,40-43,47H,4,6,11-35,39,44-46H2,1-3H3,(H2,72,76)(H2,73,74,75). The van der Waals surface area contributed by atoms with Crippen LogP contribution in [0.4, 0.5) is 37.7 Å². The van der Waals surface area contributed by atoms with Gasteiger partial charge in [0.15, 0.2) is 17.6 Å². The van der Waals surface area contributed by atoms with Crippen molar-refractivity contribution in [2.75, 3.05) is 192 Å². The molecule has 0 unspecified atom stereocenters. The number of fused-ring (bicyclic) bond motifs is 1. The molecule has 4 aromatic rings. The molecule has 2 heterocycles. The maximum atomic E-state index is 14.2. The fourth-order valence-electron chi connectivity index (χ4n) is 9.47. The molecular formula is C65H88F6N8O15S. The predicted octanol–water partition coefficient (Wildman–Crippen LogP) is 6.80. The first-order chi connectivity index (χ1) is 45.9. The minimum Gasteiger partial charge on any atom is -0.420 e. The van der Waals surface area contributed by atoms with Gasteiger partial charge in [0.25, 0.3) is 0 Å². The summed E-state index contributed by atoms with van der Waals surface area (Å²) >= 11 is 0. The van der Waals surface area contributed by atoms with Crippen LogP contribution in [0.25, 0.3) is 17.2 Å². The molecule has 1 fully saturated rings. The molecule has 0 radical (unpaired) electrons. The van der Waals surface area contributed by atoms with Crippen LogP contribution in [0.15, 0.2) is 87.2 Å². The summed E-state index contributed by atoms with van der Waals surface area (Å²) in [5, 5.41) is 6.34. The van der Waals surface area contributed by atoms with E-state index in [9.17, 15) is 44.3 Å². The summed E-state index contributed by atoms with van der Waals surface area (Å²) in [6, 6.07) is 15.5. The maximum absolute atomic E-state index is 14.2. The molecule has 30 heteroatoms. The van der Waals surface area contributed by atoms with E-state index in [0.717, 1.165) is 30.3 Å². The zero-order chi connectivity index (χ0) is 68.2. The number of halogens is 6. The Morgan fingerprint density at radius 2 is 1.14 bits per heavy atom.